The van der Waals surface area contributed by atoms with E-state index in [1.54, 1.807) is 0 Å². The zero-order valence-electron chi connectivity index (χ0n) is 6.34. The molecule has 2 nitrogen and oxygen atoms in total. The van der Waals surface area contributed by atoms with Crippen molar-refractivity contribution in [2.45, 2.75) is 13.5 Å². The average Bonchev–Trinajstić information content (AvgIpc) is 2.20. The lowest BCUT2D eigenvalue weighted by molar-refractivity contribution is -0.677. The number of nitrogens with zero attached hydrogens (tertiary/aromatic N) is 2. The minimum atomic E-state index is 0.676. The zero-order chi connectivity index (χ0) is 7.56. The monoisotopic (exact) mass is 159 g/mol. The summed E-state index contributed by atoms with van der Waals surface area (Å²) < 4.78 is 4.21. The summed E-state index contributed by atoms with van der Waals surface area (Å²) in [5.74, 6) is 1.91. The highest BCUT2D eigenvalue weighted by atomic mass is 35.5. The van der Waals surface area contributed by atoms with E-state index in [9.17, 15) is 0 Å². The Morgan fingerprint density at radius 3 is 2.80 bits per heavy atom. The summed E-state index contributed by atoms with van der Waals surface area (Å²) in [6, 6.07) is 0. The van der Waals surface area contributed by atoms with Crippen LogP contribution in [0.1, 0.15) is 5.82 Å². The fourth-order valence-electron chi connectivity index (χ4n) is 0.926. The summed E-state index contributed by atoms with van der Waals surface area (Å²) in [6.07, 6.45) is 4.07. The van der Waals surface area contributed by atoms with Crippen molar-refractivity contribution in [3.05, 3.63) is 18.2 Å². The summed E-state index contributed by atoms with van der Waals surface area (Å²) in [5, 5.41) is 0. The first-order valence-electron chi connectivity index (χ1n) is 3.33. The van der Waals surface area contributed by atoms with Gasteiger partial charge in [0.1, 0.15) is 18.9 Å². The van der Waals surface area contributed by atoms with E-state index in [4.69, 9.17) is 11.6 Å². The first-order valence-corrected chi connectivity index (χ1v) is 3.86. The Morgan fingerprint density at radius 2 is 2.40 bits per heavy atom. The molecule has 0 fully saturated rings. The van der Waals surface area contributed by atoms with Gasteiger partial charge in [-0.15, -0.1) is 11.6 Å². The first-order chi connectivity index (χ1) is 4.75. The number of hydrogen-bond donors (Lipinski definition) is 0. The smallest absolute Gasteiger partial charge is 0.237 e. The molecule has 0 aliphatic rings. The van der Waals surface area contributed by atoms with Crippen LogP contribution in [0.3, 0.4) is 0 Å². The molecule has 0 N–H and O–H groups in total. The van der Waals surface area contributed by atoms with Crippen LogP contribution in [0.5, 0.6) is 0 Å². The number of aromatic nitrogens is 2. The molecule has 0 aromatic carbocycles. The molecule has 0 unspecified atom stereocenters. The SMILES string of the molecule is Cc1n(CCCl)cc[n+]1C. The maximum Gasteiger partial charge on any atom is 0.253 e. The number of aryl methyl sites for hydroxylation is 2. The van der Waals surface area contributed by atoms with Gasteiger partial charge in [-0.25, -0.2) is 9.13 Å². The molecule has 0 bridgehead atoms. The van der Waals surface area contributed by atoms with Gasteiger partial charge in [-0.1, -0.05) is 0 Å². The van der Waals surface area contributed by atoms with Crippen LogP contribution in [0.25, 0.3) is 0 Å². The second-order valence-electron chi connectivity index (χ2n) is 2.34. The molecular formula is C7H12ClN2+. The van der Waals surface area contributed by atoms with Crippen molar-refractivity contribution in [2.24, 2.45) is 7.05 Å². The lowest BCUT2D eigenvalue weighted by Crippen LogP contribution is -2.29. The van der Waals surface area contributed by atoms with Gasteiger partial charge in [0, 0.05) is 6.92 Å². The predicted molar refractivity (Wildman–Crippen MR) is 41.1 cm³/mol. The Morgan fingerprint density at radius 1 is 1.70 bits per heavy atom. The van der Waals surface area contributed by atoms with E-state index in [2.05, 4.69) is 16.1 Å². The zero-order valence-corrected chi connectivity index (χ0v) is 7.10. The van der Waals surface area contributed by atoms with Crippen molar-refractivity contribution in [1.29, 1.82) is 0 Å². The van der Waals surface area contributed by atoms with Gasteiger partial charge in [0.05, 0.1) is 12.9 Å². The fraction of sp³-hybridized carbons (Fsp3) is 0.571. The topological polar surface area (TPSA) is 8.81 Å². The second-order valence-corrected chi connectivity index (χ2v) is 2.72. The standard InChI is InChI=1S/C7H12ClN2/c1-7-9(2)5-6-10(7)4-3-8/h5-6H,3-4H2,1-2H3/q+1. The van der Waals surface area contributed by atoms with Crippen molar-refractivity contribution in [3.63, 3.8) is 0 Å². The molecule has 1 aromatic heterocycles. The normalized spacial score (nSPS) is 10.3. The molecule has 10 heavy (non-hydrogen) atoms. The molecular weight excluding hydrogens is 148 g/mol. The number of alkyl halides is 1. The van der Waals surface area contributed by atoms with E-state index in [-0.39, 0.29) is 0 Å². The van der Waals surface area contributed by atoms with Gasteiger partial charge in [-0.3, -0.25) is 0 Å². The van der Waals surface area contributed by atoms with Crippen LogP contribution >= 0.6 is 11.6 Å². The molecule has 1 aromatic rings. The molecule has 0 saturated heterocycles. The van der Waals surface area contributed by atoms with Gasteiger partial charge < -0.3 is 0 Å². The van der Waals surface area contributed by atoms with Crippen LogP contribution in [0.4, 0.5) is 0 Å². The minimum Gasteiger partial charge on any atom is -0.237 e. The molecule has 0 aliphatic heterocycles. The van der Waals surface area contributed by atoms with E-state index in [0.717, 1.165) is 6.54 Å². The Bertz CT molecular complexity index is 217. The lowest BCUT2D eigenvalue weighted by Gasteiger charge is -1.92. The lowest BCUT2D eigenvalue weighted by atomic mass is 10.6. The Hall–Kier alpha value is -0.500. The van der Waals surface area contributed by atoms with E-state index >= 15 is 0 Å². The Balaban J connectivity index is 2.83. The van der Waals surface area contributed by atoms with E-state index in [1.807, 2.05) is 19.4 Å². The molecule has 0 spiro atoms. The van der Waals surface area contributed by atoms with Crippen LogP contribution < -0.4 is 4.57 Å². The Kier molecular flexibility index (Phi) is 2.33. The largest absolute Gasteiger partial charge is 0.253 e. The summed E-state index contributed by atoms with van der Waals surface area (Å²) in [5.41, 5.74) is 0. The van der Waals surface area contributed by atoms with Gasteiger partial charge in [-0.05, 0) is 0 Å². The molecule has 0 atom stereocenters. The maximum atomic E-state index is 5.59. The molecule has 0 saturated carbocycles. The minimum absolute atomic E-state index is 0.676. The van der Waals surface area contributed by atoms with Crippen molar-refractivity contribution in [2.75, 3.05) is 5.88 Å². The van der Waals surface area contributed by atoms with Gasteiger partial charge in [0.25, 0.3) is 5.82 Å². The summed E-state index contributed by atoms with van der Waals surface area (Å²) in [4.78, 5) is 0. The third-order valence-corrected chi connectivity index (χ3v) is 1.89. The van der Waals surface area contributed by atoms with Crippen molar-refractivity contribution < 1.29 is 4.57 Å². The number of hydrogen-bond acceptors (Lipinski definition) is 0. The molecule has 0 radical (unpaired) electrons. The van der Waals surface area contributed by atoms with Gasteiger partial charge in [0.15, 0.2) is 0 Å². The third-order valence-electron chi connectivity index (χ3n) is 1.72. The summed E-state index contributed by atoms with van der Waals surface area (Å²) in [6.45, 7) is 2.97. The number of rotatable bonds is 2. The summed E-state index contributed by atoms with van der Waals surface area (Å²) >= 11 is 5.59. The second kappa shape index (κ2) is 3.06. The summed E-state index contributed by atoms with van der Waals surface area (Å²) in [7, 11) is 2.03. The van der Waals surface area contributed by atoms with Crippen LogP contribution in [-0.4, -0.2) is 10.4 Å². The quantitative estimate of drug-likeness (QED) is 0.447. The van der Waals surface area contributed by atoms with Crippen LogP contribution in [-0.2, 0) is 13.6 Å². The van der Waals surface area contributed by atoms with Gasteiger partial charge in [0.2, 0.25) is 0 Å². The van der Waals surface area contributed by atoms with E-state index in [1.165, 1.54) is 5.82 Å². The van der Waals surface area contributed by atoms with Crippen LogP contribution in [0, 0.1) is 6.92 Å². The van der Waals surface area contributed by atoms with Crippen LogP contribution in [0.15, 0.2) is 12.4 Å². The van der Waals surface area contributed by atoms with E-state index < -0.39 is 0 Å². The predicted octanol–water partition coefficient (Wildman–Crippen LogP) is 0.860. The van der Waals surface area contributed by atoms with Gasteiger partial charge in [-0.2, -0.15) is 0 Å². The molecule has 0 amide bonds. The average molecular weight is 160 g/mol. The third kappa shape index (κ3) is 1.32. The van der Waals surface area contributed by atoms with Crippen molar-refractivity contribution in [3.8, 4) is 0 Å². The number of imidazole rings is 1. The fourth-order valence-corrected chi connectivity index (χ4v) is 1.11. The highest BCUT2D eigenvalue weighted by Gasteiger charge is 2.05. The Labute approximate surface area is 66.0 Å². The highest BCUT2D eigenvalue weighted by molar-refractivity contribution is 6.17. The van der Waals surface area contributed by atoms with Crippen molar-refractivity contribution in [1.82, 2.24) is 4.57 Å². The first kappa shape index (κ1) is 7.61. The molecule has 1 rings (SSSR count). The molecule has 0 aliphatic carbocycles. The van der Waals surface area contributed by atoms with E-state index in [0.29, 0.717) is 5.88 Å². The van der Waals surface area contributed by atoms with Crippen molar-refractivity contribution >= 4 is 11.6 Å². The number of halogens is 1. The maximum absolute atomic E-state index is 5.59. The molecule has 3 heteroatoms. The van der Waals surface area contributed by atoms with Gasteiger partial charge >= 0.3 is 0 Å². The molecule has 56 valence electrons. The molecule has 1 heterocycles. The highest BCUT2D eigenvalue weighted by Crippen LogP contribution is 1.92. The van der Waals surface area contributed by atoms with Crippen LogP contribution in [0.2, 0.25) is 0 Å².